The van der Waals surface area contributed by atoms with E-state index in [4.69, 9.17) is 0 Å². The van der Waals surface area contributed by atoms with E-state index < -0.39 is 0 Å². The molecule has 0 N–H and O–H groups in total. The predicted octanol–water partition coefficient (Wildman–Crippen LogP) is 7.36. The van der Waals surface area contributed by atoms with Crippen LogP contribution in [0.3, 0.4) is 0 Å². The minimum absolute atomic E-state index is 0.362. The summed E-state index contributed by atoms with van der Waals surface area (Å²) < 4.78 is 11.4. The summed E-state index contributed by atoms with van der Waals surface area (Å²) in [6.07, 6.45) is 18.6. The maximum Gasteiger partial charge on any atom is 0.158 e. The highest BCUT2D eigenvalue weighted by Crippen LogP contribution is 2.65. The van der Waals surface area contributed by atoms with Crippen LogP contribution < -0.4 is 0 Å². The highest BCUT2D eigenvalue weighted by atomic mass is 31.1. The maximum atomic E-state index is 11.4. The summed E-state index contributed by atoms with van der Waals surface area (Å²) in [6, 6.07) is 0. The van der Waals surface area contributed by atoms with Gasteiger partial charge in [-0.15, -0.1) is 0 Å². The summed E-state index contributed by atoms with van der Waals surface area (Å²) in [6.45, 7) is 9.61. The molecule has 0 aromatic rings. The van der Waals surface area contributed by atoms with Crippen molar-refractivity contribution in [2.45, 2.75) is 78.3 Å². The Morgan fingerprint density at radius 1 is 1.19 bits per heavy atom. The van der Waals surface area contributed by atoms with Crippen LogP contribution in [0.15, 0.2) is 35.5 Å². The smallest absolute Gasteiger partial charge is 0.158 e. The highest BCUT2D eigenvalue weighted by Gasteiger charge is 2.55. The fourth-order valence-electron chi connectivity index (χ4n) is 7.31. The quantitative estimate of drug-likeness (QED) is 0.375. The zero-order chi connectivity index (χ0) is 18.5. The molecule has 3 unspecified atom stereocenters. The van der Waals surface area contributed by atoms with E-state index in [-0.39, 0.29) is 0 Å². The molecule has 0 bridgehead atoms. The number of hydrogen-bond donors (Lipinski definition) is 0. The number of rotatable bonds is 3. The van der Waals surface area contributed by atoms with E-state index in [1.54, 1.807) is 11.1 Å². The molecule has 0 aromatic carbocycles. The number of fused-ring (bicyclic) bond motifs is 5. The van der Waals surface area contributed by atoms with Crippen molar-refractivity contribution in [3.05, 3.63) is 35.5 Å². The molecule has 0 amide bonds. The Morgan fingerprint density at radius 2 is 2.00 bits per heavy atom. The van der Waals surface area contributed by atoms with E-state index in [1.807, 2.05) is 0 Å². The third kappa shape index (κ3) is 2.64. The van der Waals surface area contributed by atoms with Crippen LogP contribution in [-0.4, -0.2) is 5.66 Å². The fourth-order valence-corrected chi connectivity index (χ4v) is 7.89. The Hall–Kier alpha value is -0.680. The van der Waals surface area contributed by atoms with Crippen LogP contribution in [0.4, 0.5) is 0 Å². The van der Waals surface area contributed by atoms with Gasteiger partial charge in [0.05, 0.1) is 0 Å². The summed E-state index contributed by atoms with van der Waals surface area (Å²) in [5.41, 5.74) is 4.65. The minimum Gasteiger partial charge on any atom is -0.275 e. The lowest BCUT2D eigenvalue weighted by molar-refractivity contribution is 0.0491. The lowest BCUT2D eigenvalue weighted by atomic mass is 9.48. The van der Waals surface area contributed by atoms with Crippen LogP contribution in [0.1, 0.15) is 72.6 Å². The van der Waals surface area contributed by atoms with Gasteiger partial charge < -0.3 is 0 Å². The van der Waals surface area contributed by atoms with Crippen LogP contribution in [0.5, 0.6) is 0 Å². The molecule has 2 saturated carbocycles. The Bertz CT molecular complexity index is 674. The first-order valence-corrected chi connectivity index (χ1v) is 11.7. The minimum atomic E-state index is 0.362. The zero-order valence-corrected chi connectivity index (χ0v) is 17.9. The largest absolute Gasteiger partial charge is 0.275 e. The Morgan fingerprint density at radius 3 is 2.73 bits per heavy atom. The fraction of sp³-hybridized carbons (Fsp3) is 0.750. The second kappa shape index (κ2) is 6.73. The summed E-state index contributed by atoms with van der Waals surface area (Å²) in [7, 11) is 0.386. The van der Waals surface area contributed by atoms with Gasteiger partial charge in [0.1, 0.15) is 0 Å². The topological polar surface area (TPSA) is 17.1 Å². The third-order valence-electron chi connectivity index (χ3n) is 8.76. The molecule has 2 heteroatoms. The highest BCUT2D eigenvalue weighted by molar-refractivity contribution is 7.24. The monoisotopic (exact) mass is 370 g/mol. The van der Waals surface area contributed by atoms with Gasteiger partial charge in [-0.3, -0.25) is 4.57 Å². The summed E-state index contributed by atoms with van der Waals surface area (Å²) >= 11 is 0. The molecule has 4 aliphatic rings. The van der Waals surface area contributed by atoms with Crippen molar-refractivity contribution >= 4 is 8.46 Å². The van der Waals surface area contributed by atoms with Gasteiger partial charge in [-0.05, 0) is 86.4 Å². The number of hydrogen-bond acceptors (Lipinski definition) is 1. The van der Waals surface area contributed by atoms with Crippen LogP contribution in [0.2, 0.25) is 0 Å². The third-order valence-corrected chi connectivity index (χ3v) is 9.53. The van der Waals surface area contributed by atoms with Crippen molar-refractivity contribution in [1.82, 2.24) is 0 Å². The van der Waals surface area contributed by atoms with Gasteiger partial charge in [0.2, 0.25) is 0 Å². The molecule has 4 aliphatic carbocycles. The van der Waals surface area contributed by atoms with Crippen molar-refractivity contribution in [1.29, 1.82) is 0 Å². The van der Waals surface area contributed by atoms with Crippen LogP contribution in [-0.2, 0) is 4.57 Å². The molecule has 0 spiro atoms. The van der Waals surface area contributed by atoms with Crippen molar-refractivity contribution in [3.63, 3.8) is 0 Å². The van der Waals surface area contributed by atoms with E-state index in [1.165, 1.54) is 38.5 Å². The molecule has 4 rings (SSSR count). The van der Waals surface area contributed by atoms with Gasteiger partial charge in [0.25, 0.3) is 0 Å². The van der Waals surface area contributed by atoms with Crippen molar-refractivity contribution in [2.75, 3.05) is 0 Å². The second-order valence-corrected chi connectivity index (χ2v) is 10.9. The predicted molar refractivity (Wildman–Crippen MR) is 111 cm³/mol. The molecule has 26 heavy (non-hydrogen) atoms. The molecule has 142 valence electrons. The van der Waals surface area contributed by atoms with Gasteiger partial charge in [-0.1, -0.05) is 56.2 Å². The Labute approximate surface area is 161 Å². The van der Waals surface area contributed by atoms with E-state index in [9.17, 15) is 4.57 Å². The average molecular weight is 371 g/mol. The standard InChI is InChI=1S/C24H35OP/c1-5-6-16(2)20-9-10-21-19-8-7-17-15-18(26-25)11-13-23(17,3)22(19)12-14-24(20,21)4/h5-6,9,12,16-19,21H,7-8,10-11,13-15H2,1-4H3/b6-5+/t16-,17?,18-,19?,21?,23+,24-/m1/s1. The molecule has 0 aromatic heterocycles. The van der Waals surface area contributed by atoms with E-state index in [0.29, 0.717) is 30.9 Å². The molecular formula is C24H35OP. The molecule has 7 atom stereocenters. The molecule has 1 nitrogen and oxygen atoms in total. The SMILES string of the molecule is C/C=C/[C@@H](C)C1=CCC2C3CCC4C[C@H](P=O)CC[C@]4(C)C3=CC[C@]12C. The van der Waals surface area contributed by atoms with Gasteiger partial charge in [-0.2, -0.15) is 0 Å². The second-order valence-electron chi connectivity index (χ2n) is 9.93. The average Bonchev–Trinajstić information content (AvgIpc) is 2.98. The summed E-state index contributed by atoms with van der Waals surface area (Å²) in [5, 5.41) is 0. The first-order valence-electron chi connectivity index (χ1n) is 10.8. The molecule has 0 saturated heterocycles. The summed E-state index contributed by atoms with van der Waals surface area (Å²) in [5.74, 6) is 2.91. The zero-order valence-electron chi connectivity index (χ0n) is 17.0. The lowest BCUT2D eigenvalue weighted by Crippen LogP contribution is -2.47. The summed E-state index contributed by atoms with van der Waals surface area (Å²) in [4.78, 5) is 0. The van der Waals surface area contributed by atoms with E-state index in [0.717, 1.165) is 24.2 Å². The van der Waals surface area contributed by atoms with Gasteiger partial charge in [0.15, 0.2) is 8.46 Å². The Balaban J connectivity index is 1.63. The van der Waals surface area contributed by atoms with Gasteiger partial charge >= 0.3 is 0 Å². The maximum absolute atomic E-state index is 11.4. The lowest BCUT2D eigenvalue weighted by Gasteiger charge is -2.56. The van der Waals surface area contributed by atoms with Crippen LogP contribution in [0, 0.1) is 34.5 Å². The number of allylic oxidation sites excluding steroid dienone is 6. The van der Waals surface area contributed by atoms with Gasteiger partial charge in [-0.25, -0.2) is 0 Å². The molecule has 2 fully saturated rings. The Kier molecular flexibility index (Phi) is 4.84. The first-order chi connectivity index (χ1) is 12.4. The van der Waals surface area contributed by atoms with Crippen molar-refractivity contribution < 1.29 is 4.57 Å². The van der Waals surface area contributed by atoms with Crippen molar-refractivity contribution in [3.8, 4) is 0 Å². The van der Waals surface area contributed by atoms with E-state index in [2.05, 4.69) is 52.0 Å². The molecule has 0 aliphatic heterocycles. The molecular weight excluding hydrogens is 335 g/mol. The van der Waals surface area contributed by atoms with E-state index >= 15 is 0 Å². The van der Waals surface area contributed by atoms with Gasteiger partial charge in [0, 0.05) is 5.66 Å². The normalized spacial score (nSPS) is 46.3. The molecule has 0 radical (unpaired) electrons. The first kappa shape index (κ1) is 18.7. The van der Waals surface area contributed by atoms with Crippen LogP contribution >= 0.6 is 8.46 Å². The van der Waals surface area contributed by atoms with Crippen molar-refractivity contribution in [2.24, 2.45) is 34.5 Å². The molecule has 0 heterocycles. The van der Waals surface area contributed by atoms with Crippen LogP contribution in [0.25, 0.3) is 0 Å².